The third-order valence-corrected chi connectivity index (χ3v) is 3.24. The van der Waals surface area contributed by atoms with Crippen LogP contribution in [-0.2, 0) is 0 Å². The molecule has 0 bridgehead atoms. The van der Waals surface area contributed by atoms with Crippen molar-refractivity contribution in [1.82, 2.24) is 4.98 Å². The minimum Gasteiger partial charge on any atom is -0.397 e. The number of nitrogens with two attached hydrogens (primary N) is 1. The Kier molecular flexibility index (Phi) is 4.28. The van der Waals surface area contributed by atoms with Gasteiger partial charge in [0.25, 0.3) is 0 Å². The molecule has 6 heteroatoms. The predicted molar refractivity (Wildman–Crippen MR) is 68.4 cm³/mol. The second kappa shape index (κ2) is 5.31. The molecule has 0 saturated carbocycles. The van der Waals surface area contributed by atoms with Crippen molar-refractivity contribution in [2.24, 2.45) is 0 Å². The van der Waals surface area contributed by atoms with Gasteiger partial charge in [-0.1, -0.05) is 25.4 Å². The number of halogens is 1. The second-order valence-corrected chi connectivity index (χ2v) is 4.29. The van der Waals surface area contributed by atoms with Crippen molar-refractivity contribution < 1.29 is 4.92 Å². The zero-order valence-corrected chi connectivity index (χ0v) is 10.9. The zero-order chi connectivity index (χ0) is 13.2. The predicted octanol–water partition coefficient (Wildman–Crippen LogP) is 3.44. The van der Waals surface area contributed by atoms with Crippen LogP contribution in [0.25, 0.3) is 0 Å². The highest BCUT2D eigenvalue weighted by atomic mass is 35.5. The summed E-state index contributed by atoms with van der Waals surface area (Å²) in [4.78, 5) is 14.5. The van der Waals surface area contributed by atoms with Crippen LogP contribution in [-0.4, -0.2) is 9.91 Å². The molecule has 0 aliphatic rings. The molecular formula is C11H16ClN3O2. The lowest BCUT2D eigenvalue weighted by molar-refractivity contribution is -0.385. The van der Waals surface area contributed by atoms with E-state index in [1.54, 1.807) is 6.92 Å². The average Bonchev–Trinajstić information content (AvgIpc) is 2.25. The van der Waals surface area contributed by atoms with E-state index in [-0.39, 0.29) is 16.8 Å². The summed E-state index contributed by atoms with van der Waals surface area (Å²) in [5.41, 5.74) is 7.22. The summed E-state index contributed by atoms with van der Waals surface area (Å²) in [5, 5.41) is 11.0. The van der Waals surface area contributed by atoms with Crippen molar-refractivity contribution in [3.8, 4) is 0 Å². The standard InChI is InChI=1S/C11H16ClN3O2/c1-4-7(5-2)8-9(13)6(3)14-11(12)10(8)15(16)17/h7H,4-5,13H2,1-3H3. The van der Waals surface area contributed by atoms with Crippen LogP contribution in [0.5, 0.6) is 0 Å². The minimum atomic E-state index is -0.501. The number of anilines is 1. The molecule has 0 unspecified atom stereocenters. The molecule has 17 heavy (non-hydrogen) atoms. The number of nitro groups is 1. The molecule has 0 spiro atoms. The summed E-state index contributed by atoms with van der Waals surface area (Å²) >= 11 is 5.85. The van der Waals surface area contributed by atoms with Crippen molar-refractivity contribution in [2.75, 3.05) is 5.73 Å². The van der Waals surface area contributed by atoms with Gasteiger partial charge in [0.15, 0.2) is 0 Å². The maximum absolute atomic E-state index is 11.1. The van der Waals surface area contributed by atoms with Gasteiger partial charge in [0.05, 0.1) is 21.9 Å². The van der Waals surface area contributed by atoms with Crippen molar-refractivity contribution >= 4 is 23.0 Å². The van der Waals surface area contributed by atoms with Gasteiger partial charge >= 0.3 is 5.69 Å². The van der Waals surface area contributed by atoms with Crippen molar-refractivity contribution in [3.05, 3.63) is 26.5 Å². The molecule has 1 heterocycles. The lowest BCUT2D eigenvalue weighted by Gasteiger charge is -2.17. The van der Waals surface area contributed by atoms with Crippen LogP contribution in [0.2, 0.25) is 5.15 Å². The fourth-order valence-corrected chi connectivity index (χ4v) is 2.28. The second-order valence-electron chi connectivity index (χ2n) is 3.93. The van der Waals surface area contributed by atoms with E-state index in [1.165, 1.54) is 0 Å². The molecule has 2 N–H and O–H groups in total. The van der Waals surface area contributed by atoms with Gasteiger partial charge in [0.1, 0.15) is 0 Å². The van der Waals surface area contributed by atoms with E-state index in [0.717, 1.165) is 12.8 Å². The van der Waals surface area contributed by atoms with E-state index in [9.17, 15) is 10.1 Å². The van der Waals surface area contributed by atoms with Crippen molar-refractivity contribution in [1.29, 1.82) is 0 Å². The number of hydrogen-bond donors (Lipinski definition) is 1. The molecule has 0 atom stereocenters. The molecular weight excluding hydrogens is 242 g/mol. The summed E-state index contributed by atoms with van der Waals surface area (Å²) in [5.74, 6) is 0.0367. The molecule has 1 aromatic rings. The van der Waals surface area contributed by atoms with E-state index in [2.05, 4.69) is 4.98 Å². The third-order valence-electron chi connectivity index (χ3n) is 2.97. The number of hydrogen-bond acceptors (Lipinski definition) is 4. The first-order chi connectivity index (χ1) is 7.93. The molecule has 0 fully saturated rings. The van der Waals surface area contributed by atoms with Crippen LogP contribution in [0.15, 0.2) is 0 Å². The average molecular weight is 258 g/mol. The number of rotatable bonds is 4. The van der Waals surface area contributed by atoms with Gasteiger partial charge in [-0.2, -0.15) is 0 Å². The number of aryl methyl sites for hydroxylation is 1. The molecule has 0 saturated heterocycles. The van der Waals surface area contributed by atoms with Crippen LogP contribution >= 0.6 is 11.6 Å². The molecule has 1 rings (SSSR count). The van der Waals surface area contributed by atoms with E-state index >= 15 is 0 Å². The Morgan fingerprint density at radius 1 is 1.47 bits per heavy atom. The summed E-state index contributed by atoms with van der Waals surface area (Å²) in [6.07, 6.45) is 1.56. The van der Waals surface area contributed by atoms with E-state index in [0.29, 0.717) is 16.9 Å². The monoisotopic (exact) mass is 257 g/mol. The normalized spacial score (nSPS) is 10.9. The summed E-state index contributed by atoms with van der Waals surface area (Å²) in [7, 11) is 0. The van der Waals surface area contributed by atoms with Gasteiger partial charge in [-0.3, -0.25) is 10.1 Å². The molecule has 0 aliphatic heterocycles. The lowest BCUT2D eigenvalue weighted by Crippen LogP contribution is -2.09. The van der Waals surface area contributed by atoms with Crippen LogP contribution < -0.4 is 5.73 Å². The Balaban J connectivity index is 3.57. The number of nitrogen functional groups attached to an aromatic ring is 1. The smallest absolute Gasteiger partial charge is 0.311 e. The van der Waals surface area contributed by atoms with E-state index in [1.807, 2.05) is 13.8 Å². The van der Waals surface area contributed by atoms with Gasteiger partial charge in [0, 0.05) is 0 Å². The van der Waals surface area contributed by atoms with Gasteiger partial charge in [-0.05, 0) is 25.7 Å². The number of aromatic nitrogens is 1. The van der Waals surface area contributed by atoms with Crippen molar-refractivity contribution in [3.63, 3.8) is 0 Å². The Labute approximate surface area is 105 Å². The quantitative estimate of drug-likeness (QED) is 0.509. The van der Waals surface area contributed by atoms with Crippen LogP contribution in [0.3, 0.4) is 0 Å². The first-order valence-electron chi connectivity index (χ1n) is 5.53. The Morgan fingerprint density at radius 3 is 2.41 bits per heavy atom. The molecule has 0 aromatic carbocycles. The van der Waals surface area contributed by atoms with Crippen LogP contribution in [0.1, 0.15) is 43.9 Å². The number of nitrogens with zero attached hydrogens (tertiary/aromatic N) is 2. The fraction of sp³-hybridized carbons (Fsp3) is 0.545. The maximum atomic E-state index is 11.1. The first-order valence-corrected chi connectivity index (χ1v) is 5.91. The Morgan fingerprint density at radius 2 is 2.00 bits per heavy atom. The lowest BCUT2D eigenvalue weighted by atomic mass is 9.91. The van der Waals surface area contributed by atoms with Crippen molar-refractivity contribution in [2.45, 2.75) is 39.5 Å². The summed E-state index contributed by atoms with van der Waals surface area (Å²) in [6, 6.07) is 0. The molecule has 1 aromatic heterocycles. The Bertz CT molecular complexity index is 445. The highest BCUT2D eigenvalue weighted by Crippen LogP contribution is 2.40. The fourth-order valence-electron chi connectivity index (χ4n) is 1.98. The van der Waals surface area contributed by atoms with Crippen LogP contribution in [0, 0.1) is 17.0 Å². The summed E-state index contributed by atoms with van der Waals surface area (Å²) in [6.45, 7) is 5.65. The van der Waals surface area contributed by atoms with E-state index in [4.69, 9.17) is 17.3 Å². The van der Waals surface area contributed by atoms with Gasteiger partial charge in [-0.25, -0.2) is 4.98 Å². The van der Waals surface area contributed by atoms with E-state index < -0.39 is 4.92 Å². The van der Waals surface area contributed by atoms with Gasteiger partial charge < -0.3 is 5.73 Å². The topological polar surface area (TPSA) is 82.0 Å². The maximum Gasteiger partial charge on any atom is 0.311 e. The van der Waals surface area contributed by atoms with Crippen LogP contribution in [0.4, 0.5) is 11.4 Å². The molecule has 0 radical (unpaired) electrons. The highest BCUT2D eigenvalue weighted by Gasteiger charge is 2.28. The SMILES string of the molecule is CCC(CC)c1c(N)c(C)nc(Cl)c1[N+](=O)[O-]. The largest absolute Gasteiger partial charge is 0.397 e. The number of pyridine rings is 1. The molecule has 5 nitrogen and oxygen atoms in total. The highest BCUT2D eigenvalue weighted by molar-refractivity contribution is 6.31. The Hall–Kier alpha value is -1.36. The van der Waals surface area contributed by atoms with Gasteiger partial charge in [-0.15, -0.1) is 0 Å². The third kappa shape index (κ3) is 2.49. The summed E-state index contributed by atoms with van der Waals surface area (Å²) < 4.78 is 0. The minimum absolute atomic E-state index is 0.0367. The molecule has 0 aliphatic carbocycles. The molecule has 94 valence electrons. The zero-order valence-electron chi connectivity index (χ0n) is 10.2. The first kappa shape index (κ1) is 13.7. The molecule has 0 amide bonds. The van der Waals surface area contributed by atoms with Gasteiger partial charge in [0.2, 0.25) is 5.15 Å².